The summed E-state index contributed by atoms with van der Waals surface area (Å²) in [7, 11) is 0. The molecule has 2 aromatic carbocycles. The van der Waals surface area contributed by atoms with Crippen molar-refractivity contribution in [2.24, 2.45) is 5.41 Å². The van der Waals surface area contributed by atoms with E-state index in [2.05, 4.69) is 4.90 Å². The van der Waals surface area contributed by atoms with Crippen LogP contribution in [0.5, 0.6) is 5.75 Å². The molecule has 0 aromatic heterocycles. The lowest BCUT2D eigenvalue weighted by molar-refractivity contribution is -0.189. The van der Waals surface area contributed by atoms with Gasteiger partial charge in [-0.2, -0.15) is 13.2 Å². The Labute approximate surface area is 212 Å². The number of carbonyl (C=O) groups excluding carboxylic acids is 1. The predicted molar refractivity (Wildman–Crippen MR) is 129 cm³/mol. The number of β-amino-alcohol motifs (C(OH)–C–C–N with tert-alkyl or cyclic N) is 1. The lowest BCUT2D eigenvalue weighted by Crippen LogP contribution is -2.45. The van der Waals surface area contributed by atoms with Crippen LogP contribution in [0.2, 0.25) is 10.0 Å². The molecule has 0 saturated carbocycles. The first-order valence-corrected chi connectivity index (χ1v) is 12.2. The third-order valence-corrected chi connectivity index (χ3v) is 7.56. The topological polar surface area (TPSA) is 53.0 Å². The maximum absolute atomic E-state index is 13.4. The number of piperidine rings is 1. The van der Waals surface area contributed by atoms with Gasteiger partial charge in [0.2, 0.25) is 5.91 Å². The third kappa shape index (κ3) is 5.71. The molecule has 190 valence electrons. The molecule has 5 nitrogen and oxygen atoms in total. The minimum absolute atomic E-state index is 0.0378. The van der Waals surface area contributed by atoms with Crippen LogP contribution in [-0.2, 0) is 4.79 Å². The summed E-state index contributed by atoms with van der Waals surface area (Å²) in [5.74, 6) is 0.142. The molecule has 10 heteroatoms. The fourth-order valence-corrected chi connectivity index (χ4v) is 5.32. The van der Waals surface area contributed by atoms with Gasteiger partial charge in [0.25, 0.3) is 0 Å². The molecular formula is C25H27Cl2F3N2O3. The second-order valence-corrected chi connectivity index (χ2v) is 10.1. The molecule has 2 saturated heterocycles. The highest BCUT2D eigenvalue weighted by Crippen LogP contribution is 2.43. The van der Waals surface area contributed by atoms with Gasteiger partial charge >= 0.3 is 6.18 Å². The van der Waals surface area contributed by atoms with Gasteiger partial charge in [0.1, 0.15) is 5.75 Å². The summed E-state index contributed by atoms with van der Waals surface area (Å²) in [6.07, 6.45) is -5.05. The lowest BCUT2D eigenvalue weighted by Gasteiger charge is -2.38. The zero-order chi connectivity index (χ0) is 25.4. The second kappa shape index (κ2) is 10.2. The Bertz CT molecular complexity index is 1060. The van der Waals surface area contributed by atoms with Crippen molar-refractivity contribution in [2.45, 2.75) is 44.6 Å². The maximum atomic E-state index is 13.4. The Kier molecular flexibility index (Phi) is 7.57. The van der Waals surface area contributed by atoms with E-state index < -0.39 is 23.8 Å². The summed E-state index contributed by atoms with van der Waals surface area (Å²) in [4.78, 5) is 17.2. The van der Waals surface area contributed by atoms with E-state index in [1.165, 1.54) is 12.1 Å². The fraction of sp³-hybridized carbons (Fsp3) is 0.480. The Hall–Kier alpha value is -2.00. The number of halogens is 5. The van der Waals surface area contributed by atoms with Gasteiger partial charge in [-0.25, -0.2) is 0 Å². The molecule has 2 heterocycles. The minimum Gasteiger partial charge on any atom is -0.481 e. The van der Waals surface area contributed by atoms with Gasteiger partial charge in [-0.15, -0.1) is 0 Å². The van der Waals surface area contributed by atoms with Crippen LogP contribution in [0.3, 0.4) is 0 Å². The largest absolute Gasteiger partial charge is 0.481 e. The molecule has 2 fully saturated rings. The molecule has 35 heavy (non-hydrogen) atoms. The average Bonchev–Trinajstić information content (AvgIpc) is 3.11. The van der Waals surface area contributed by atoms with Crippen LogP contribution in [-0.4, -0.2) is 54.4 Å². The summed E-state index contributed by atoms with van der Waals surface area (Å²) < 4.78 is 43.1. The first-order valence-electron chi connectivity index (χ1n) is 11.5. The number of ether oxygens (including phenoxy) is 1. The van der Waals surface area contributed by atoms with Crippen LogP contribution >= 0.6 is 23.2 Å². The van der Waals surface area contributed by atoms with Crippen molar-refractivity contribution in [3.8, 4) is 5.75 Å². The molecule has 2 aliphatic heterocycles. The van der Waals surface area contributed by atoms with Crippen LogP contribution in [0.15, 0.2) is 42.5 Å². The molecule has 1 spiro atoms. The van der Waals surface area contributed by atoms with E-state index in [0.717, 1.165) is 6.92 Å². The van der Waals surface area contributed by atoms with E-state index in [-0.39, 0.29) is 11.7 Å². The van der Waals surface area contributed by atoms with Crippen molar-refractivity contribution in [1.29, 1.82) is 0 Å². The molecule has 1 N–H and O–H groups in total. The molecule has 0 radical (unpaired) electrons. The Morgan fingerprint density at radius 3 is 2.29 bits per heavy atom. The van der Waals surface area contributed by atoms with Crippen LogP contribution in [0.1, 0.15) is 37.9 Å². The van der Waals surface area contributed by atoms with Crippen molar-refractivity contribution in [2.75, 3.05) is 31.1 Å². The number of alkyl halides is 3. The monoisotopic (exact) mass is 530 g/mol. The zero-order valence-corrected chi connectivity index (χ0v) is 20.7. The molecule has 1 amide bonds. The van der Waals surface area contributed by atoms with Crippen LogP contribution in [0.25, 0.3) is 0 Å². The summed E-state index contributed by atoms with van der Waals surface area (Å²) in [6.45, 7) is 3.26. The first-order chi connectivity index (χ1) is 16.5. The Balaban J connectivity index is 1.34. The number of hydrogen-bond acceptors (Lipinski definition) is 4. The highest BCUT2D eigenvalue weighted by atomic mass is 35.5. The first kappa shape index (κ1) is 26.1. The predicted octanol–water partition coefficient (Wildman–Crippen LogP) is 5.88. The molecule has 4 rings (SSSR count). The molecule has 0 bridgehead atoms. The number of nitrogens with zero attached hydrogens (tertiary/aromatic N) is 2. The van der Waals surface area contributed by atoms with Crippen molar-refractivity contribution >= 4 is 34.8 Å². The fourth-order valence-electron chi connectivity index (χ4n) is 4.78. The third-order valence-electron chi connectivity index (χ3n) is 7.00. The van der Waals surface area contributed by atoms with E-state index in [1.54, 1.807) is 35.2 Å². The van der Waals surface area contributed by atoms with Crippen LogP contribution in [0.4, 0.5) is 18.9 Å². The van der Waals surface area contributed by atoms with Crippen molar-refractivity contribution in [3.63, 3.8) is 0 Å². The number of likely N-dealkylation sites (tertiary alicyclic amines) is 1. The van der Waals surface area contributed by atoms with Crippen molar-refractivity contribution in [1.82, 2.24) is 4.90 Å². The number of aliphatic hydroxyl groups is 1. The Morgan fingerprint density at radius 1 is 1.06 bits per heavy atom. The number of aliphatic hydroxyl groups excluding tert-OH is 1. The number of amides is 1. The summed E-state index contributed by atoms with van der Waals surface area (Å²) in [6, 6.07) is 11.2. The molecule has 2 aromatic rings. The smallest absolute Gasteiger partial charge is 0.425 e. The lowest BCUT2D eigenvalue weighted by atomic mass is 9.77. The van der Waals surface area contributed by atoms with Crippen LogP contribution in [0, 0.1) is 5.41 Å². The SMILES string of the molecule is C[C@H](Oc1ccc(N2CCC3(CCN(CC(O)c4ccc(Cl)cc4Cl)CC3)C2=O)cc1)C(F)(F)F. The molecule has 1 unspecified atom stereocenters. The molecular weight excluding hydrogens is 504 g/mol. The van der Waals surface area contributed by atoms with Gasteiger partial charge in [0.15, 0.2) is 6.10 Å². The highest BCUT2D eigenvalue weighted by molar-refractivity contribution is 6.35. The molecule has 2 atom stereocenters. The van der Waals surface area contributed by atoms with Crippen molar-refractivity contribution < 1.29 is 27.8 Å². The van der Waals surface area contributed by atoms with Gasteiger partial charge < -0.3 is 19.6 Å². The standard InChI is InChI=1S/C25H27Cl2F3N2O3/c1-16(25(28,29)30)35-19-5-3-18(4-6-19)32-13-10-24(23(32)34)8-11-31(12-9-24)15-22(33)20-7-2-17(26)14-21(20)27/h2-7,14,16,22,33H,8-13,15H2,1H3/t16-,22?/m0/s1. The number of rotatable bonds is 6. The van der Waals surface area contributed by atoms with Gasteiger partial charge in [0.05, 0.1) is 11.5 Å². The van der Waals surface area contributed by atoms with Gasteiger partial charge in [-0.1, -0.05) is 29.3 Å². The van der Waals surface area contributed by atoms with Gasteiger partial charge in [-0.05, 0) is 75.7 Å². The number of carbonyl (C=O) groups is 1. The van der Waals surface area contributed by atoms with E-state index in [9.17, 15) is 23.1 Å². The van der Waals surface area contributed by atoms with E-state index >= 15 is 0 Å². The average molecular weight is 531 g/mol. The molecule has 2 aliphatic rings. The van der Waals surface area contributed by atoms with E-state index in [4.69, 9.17) is 27.9 Å². The maximum Gasteiger partial charge on any atom is 0.425 e. The minimum atomic E-state index is -4.44. The summed E-state index contributed by atoms with van der Waals surface area (Å²) >= 11 is 12.2. The second-order valence-electron chi connectivity index (χ2n) is 9.26. The van der Waals surface area contributed by atoms with Gasteiger partial charge in [-0.3, -0.25) is 4.79 Å². The van der Waals surface area contributed by atoms with E-state index in [1.807, 2.05) is 0 Å². The van der Waals surface area contributed by atoms with E-state index in [0.29, 0.717) is 66.7 Å². The number of benzene rings is 2. The normalized spacial score (nSPS) is 20.3. The number of anilines is 1. The zero-order valence-electron chi connectivity index (χ0n) is 19.2. The quantitative estimate of drug-likeness (QED) is 0.507. The van der Waals surface area contributed by atoms with Crippen LogP contribution < -0.4 is 9.64 Å². The number of hydrogen-bond donors (Lipinski definition) is 1. The van der Waals surface area contributed by atoms with Crippen molar-refractivity contribution in [3.05, 3.63) is 58.1 Å². The molecule has 0 aliphatic carbocycles. The Morgan fingerprint density at radius 2 is 1.69 bits per heavy atom. The highest BCUT2D eigenvalue weighted by Gasteiger charge is 2.48. The summed E-state index contributed by atoms with van der Waals surface area (Å²) in [5, 5.41) is 11.6. The van der Waals surface area contributed by atoms with Gasteiger partial charge in [0, 0.05) is 34.4 Å². The summed E-state index contributed by atoms with van der Waals surface area (Å²) in [5.41, 5.74) is 0.810.